The van der Waals surface area contributed by atoms with Crippen LogP contribution in [0.1, 0.15) is 81.4 Å². The number of carboxylic acid groups (broad SMARTS) is 2. The van der Waals surface area contributed by atoms with Crippen molar-refractivity contribution in [2.75, 3.05) is 17.2 Å². The highest BCUT2D eigenvalue weighted by Gasteiger charge is 2.43. The van der Waals surface area contributed by atoms with E-state index in [1.165, 1.54) is 6.92 Å². The largest absolute Gasteiger partial charge is 0.465 e. The minimum Gasteiger partial charge on any atom is -0.465 e. The molecule has 270 valence electrons. The number of anilines is 2. The van der Waals surface area contributed by atoms with E-state index in [0.29, 0.717) is 35.6 Å². The first-order valence-electron chi connectivity index (χ1n) is 16.1. The lowest BCUT2D eigenvalue weighted by molar-refractivity contribution is -0.121. The van der Waals surface area contributed by atoms with E-state index in [1.54, 1.807) is 53.7 Å². The van der Waals surface area contributed by atoms with Crippen molar-refractivity contribution in [2.24, 2.45) is 0 Å². The summed E-state index contributed by atoms with van der Waals surface area (Å²) < 4.78 is 0. The molecule has 6 N–H and O–H groups in total. The number of nitrogens with one attached hydrogen (secondary N) is 4. The summed E-state index contributed by atoms with van der Waals surface area (Å²) in [6.45, 7) is 12.0. The zero-order valence-electron chi connectivity index (χ0n) is 29.5. The van der Waals surface area contributed by atoms with Crippen LogP contribution in [-0.2, 0) is 29.0 Å². The van der Waals surface area contributed by atoms with Crippen molar-refractivity contribution in [2.45, 2.75) is 91.6 Å². The van der Waals surface area contributed by atoms with Gasteiger partial charge in [-0.1, -0.05) is 53.8 Å². The molecule has 0 aliphatic carbocycles. The molecular formula is C35H47N7O7S. The highest BCUT2D eigenvalue weighted by atomic mass is 32.1. The standard InChI is InChI=1S/C35H47N7O7S/c1-22(43)38-30-40-26(28(50-30)29(45)36-20-19-27(44)37-21-24-11-9-8-10-12-24)18-15-23-13-16-25(17-14-23)39-31(41(32(46)47)34(2,3)4)42(33(48)49)35(5,6)7/h8-14,16-17,31,39H,15,18-21H2,1-7H3,(H,36,45)(H,37,44)(H,46,47)(H,48,49)(H,38,40,43). The van der Waals surface area contributed by atoms with Crippen molar-refractivity contribution in [1.29, 1.82) is 0 Å². The number of aryl methyl sites for hydroxylation is 2. The van der Waals surface area contributed by atoms with Crippen molar-refractivity contribution < 1.29 is 34.2 Å². The van der Waals surface area contributed by atoms with Gasteiger partial charge < -0.3 is 31.5 Å². The topological polar surface area (TPSA) is 193 Å². The normalized spacial score (nSPS) is 11.4. The van der Waals surface area contributed by atoms with Gasteiger partial charge in [0.2, 0.25) is 11.8 Å². The van der Waals surface area contributed by atoms with Gasteiger partial charge in [0.15, 0.2) is 11.4 Å². The molecule has 3 rings (SSSR count). The zero-order chi connectivity index (χ0) is 37.2. The number of benzene rings is 2. The number of aromatic nitrogens is 1. The number of hydrogen-bond donors (Lipinski definition) is 6. The number of carbonyl (C=O) groups is 5. The molecule has 1 heterocycles. The number of rotatable bonds is 14. The molecule has 0 saturated heterocycles. The highest BCUT2D eigenvalue weighted by molar-refractivity contribution is 7.17. The van der Waals surface area contributed by atoms with E-state index in [-0.39, 0.29) is 29.9 Å². The second-order valence-corrected chi connectivity index (χ2v) is 14.6. The van der Waals surface area contributed by atoms with Crippen molar-refractivity contribution >= 4 is 52.1 Å². The van der Waals surface area contributed by atoms with E-state index in [0.717, 1.165) is 32.3 Å². The molecular weight excluding hydrogens is 662 g/mol. The highest BCUT2D eigenvalue weighted by Crippen LogP contribution is 2.28. The summed E-state index contributed by atoms with van der Waals surface area (Å²) in [5.41, 5.74) is 0.945. The summed E-state index contributed by atoms with van der Waals surface area (Å²) in [5.74, 6) is -0.932. The van der Waals surface area contributed by atoms with Gasteiger partial charge in [-0.05, 0) is 77.6 Å². The maximum atomic E-state index is 13.1. The van der Waals surface area contributed by atoms with Crippen LogP contribution < -0.4 is 21.3 Å². The van der Waals surface area contributed by atoms with Crippen LogP contribution in [0.15, 0.2) is 54.6 Å². The summed E-state index contributed by atoms with van der Waals surface area (Å²) in [5, 5.41) is 31.8. The second kappa shape index (κ2) is 17.0. The van der Waals surface area contributed by atoms with Gasteiger partial charge >= 0.3 is 12.2 Å². The Hall–Kier alpha value is -5.18. The molecule has 0 fully saturated rings. The summed E-state index contributed by atoms with van der Waals surface area (Å²) in [6, 6.07) is 16.6. The molecule has 0 aliphatic rings. The number of carbonyl (C=O) groups excluding carboxylic acids is 3. The van der Waals surface area contributed by atoms with Crippen molar-refractivity contribution in [3.05, 3.63) is 76.3 Å². The minimum absolute atomic E-state index is 0.0897. The van der Waals surface area contributed by atoms with E-state index >= 15 is 0 Å². The van der Waals surface area contributed by atoms with Crippen LogP contribution in [0, 0.1) is 0 Å². The predicted octanol–water partition coefficient (Wildman–Crippen LogP) is 5.58. The van der Waals surface area contributed by atoms with Crippen molar-refractivity contribution in [3.8, 4) is 0 Å². The van der Waals surface area contributed by atoms with Crippen LogP contribution in [0.2, 0.25) is 0 Å². The molecule has 5 amide bonds. The molecule has 0 spiro atoms. The molecule has 50 heavy (non-hydrogen) atoms. The van der Waals surface area contributed by atoms with E-state index in [4.69, 9.17) is 0 Å². The Morgan fingerprint density at radius 3 is 1.90 bits per heavy atom. The summed E-state index contributed by atoms with van der Waals surface area (Å²) >= 11 is 1.05. The van der Waals surface area contributed by atoms with Crippen LogP contribution in [0.5, 0.6) is 0 Å². The fraction of sp³-hybridized carbons (Fsp3) is 0.429. The lowest BCUT2D eigenvalue weighted by Crippen LogP contribution is -2.66. The number of thiazole rings is 1. The van der Waals surface area contributed by atoms with Crippen LogP contribution in [-0.4, -0.2) is 78.8 Å². The van der Waals surface area contributed by atoms with Crippen LogP contribution in [0.25, 0.3) is 0 Å². The van der Waals surface area contributed by atoms with Gasteiger partial charge in [0, 0.05) is 43.2 Å². The number of nitrogens with zero attached hydrogens (tertiary/aromatic N) is 3. The third kappa shape index (κ3) is 11.5. The molecule has 0 unspecified atom stereocenters. The molecule has 0 bridgehead atoms. The Kier molecular flexibility index (Phi) is 13.3. The molecule has 14 nitrogen and oxygen atoms in total. The third-order valence-corrected chi connectivity index (χ3v) is 8.42. The Balaban J connectivity index is 1.71. The van der Waals surface area contributed by atoms with Gasteiger partial charge in [0.25, 0.3) is 5.91 Å². The monoisotopic (exact) mass is 709 g/mol. The van der Waals surface area contributed by atoms with Gasteiger partial charge in [-0.25, -0.2) is 14.6 Å². The SMILES string of the molecule is CC(=O)Nc1nc(CCc2ccc(NC(N(C(=O)O)C(C)(C)C)N(C(=O)O)C(C)(C)C)cc2)c(C(=O)NCCC(=O)NCc2ccccc2)s1. The Bertz CT molecular complexity index is 1620. The fourth-order valence-corrected chi connectivity index (χ4v) is 6.07. The van der Waals surface area contributed by atoms with Crippen LogP contribution in [0.4, 0.5) is 20.4 Å². The van der Waals surface area contributed by atoms with Gasteiger partial charge in [-0.2, -0.15) is 0 Å². The first-order chi connectivity index (χ1) is 23.4. The van der Waals surface area contributed by atoms with E-state index in [1.807, 2.05) is 42.5 Å². The van der Waals surface area contributed by atoms with Gasteiger partial charge in [-0.15, -0.1) is 0 Å². The minimum atomic E-state index is -1.28. The molecule has 2 aromatic carbocycles. The molecule has 0 radical (unpaired) electrons. The Morgan fingerprint density at radius 2 is 1.38 bits per heavy atom. The first-order valence-corrected chi connectivity index (χ1v) is 16.9. The summed E-state index contributed by atoms with van der Waals surface area (Å²) in [4.78, 5) is 68.9. The van der Waals surface area contributed by atoms with Gasteiger partial charge in [0.1, 0.15) is 4.88 Å². The van der Waals surface area contributed by atoms with E-state index < -0.39 is 35.5 Å². The molecule has 3 aromatic rings. The molecule has 1 aromatic heterocycles. The lowest BCUT2D eigenvalue weighted by Gasteiger charge is -2.48. The molecule has 15 heteroatoms. The predicted molar refractivity (Wildman–Crippen MR) is 192 cm³/mol. The fourth-order valence-electron chi connectivity index (χ4n) is 5.10. The first kappa shape index (κ1) is 39.3. The molecule has 0 atom stereocenters. The lowest BCUT2D eigenvalue weighted by atomic mass is 10.0. The smallest absolute Gasteiger partial charge is 0.410 e. The molecule has 0 saturated carbocycles. The quantitative estimate of drug-likeness (QED) is 0.116. The van der Waals surface area contributed by atoms with Gasteiger partial charge in [0.05, 0.1) is 5.69 Å². The zero-order valence-corrected chi connectivity index (χ0v) is 30.3. The van der Waals surface area contributed by atoms with Crippen LogP contribution in [0.3, 0.4) is 0 Å². The molecule has 0 aliphatic heterocycles. The van der Waals surface area contributed by atoms with E-state index in [9.17, 15) is 34.2 Å². The van der Waals surface area contributed by atoms with Gasteiger partial charge in [-0.3, -0.25) is 24.2 Å². The maximum absolute atomic E-state index is 13.1. The third-order valence-electron chi connectivity index (χ3n) is 7.40. The summed E-state index contributed by atoms with van der Waals surface area (Å²) in [7, 11) is 0. The number of amides is 5. The maximum Gasteiger partial charge on any atom is 0.410 e. The van der Waals surface area contributed by atoms with Crippen molar-refractivity contribution in [1.82, 2.24) is 25.4 Å². The van der Waals surface area contributed by atoms with E-state index in [2.05, 4.69) is 26.3 Å². The number of hydrogen-bond acceptors (Lipinski definition) is 8. The van der Waals surface area contributed by atoms with Crippen molar-refractivity contribution in [3.63, 3.8) is 0 Å². The second-order valence-electron chi connectivity index (χ2n) is 13.6. The average Bonchev–Trinajstić information content (AvgIpc) is 3.40. The van der Waals surface area contributed by atoms with Crippen LogP contribution >= 0.6 is 11.3 Å². The average molecular weight is 710 g/mol. The Labute approximate surface area is 296 Å². The Morgan fingerprint density at radius 1 is 0.800 bits per heavy atom. The summed E-state index contributed by atoms with van der Waals surface area (Å²) in [6.07, 6.45) is -2.88.